The summed E-state index contributed by atoms with van der Waals surface area (Å²) in [5.74, 6) is 2.12. The second kappa shape index (κ2) is 5.81. The molecule has 0 radical (unpaired) electrons. The molecule has 0 amide bonds. The molecule has 1 aromatic heterocycles. The molecule has 6 heteroatoms. The maximum Gasteiger partial charge on any atom is 0.249 e. The highest BCUT2D eigenvalue weighted by atomic mass is 32.2. The van der Waals surface area contributed by atoms with Crippen LogP contribution in [0, 0.1) is 0 Å². The van der Waals surface area contributed by atoms with Gasteiger partial charge in [0.05, 0.1) is 12.4 Å². The van der Waals surface area contributed by atoms with E-state index in [0.717, 1.165) is 23.2 Å². The molecule has 1 aliphatic heterocycles. The zero-order valence-electron chi connectivity index (χ0n) is 11.1. The van der Waals surface area contributed by atoms with Crippen LogP contribution >= 0.6 is 11.8 Å². The number of thioether (sulfide) groups is 1. The summed E-state index contributed by atoms with van der Waals surface area (Å²) in [4.78, 5) is 4.44. The van der Waals surface area contributed by atoms with Gasteiger partial charge in [0.2, 0.25) is 5.89 Å². The number of aromatic nitrogens is 2. The Morgan fingerprint density at radius 2 is 2.16 bits per heavy atom. The van der Waals surface area contributed by atoms with Gasteiger partial charge in [-0.1, -0.05) is 24.4 Å². The first-order valence-corrected chi connectivity index (χ1v) is 8.12. The fourth-order valence-electron chi connectivity index (χ4n) is 2.69. The average Bonchev–Trinajstić information content (AvgIpc) is 3.07. The van der Waals surface area contributed by atoms with Gasteiger partial charge in [0, 0.05) is 11.9 Å². The molecule has 1 aliphatic carbocycles. The summed E-state index contributed by atoms with van der Waals surface area (Å²) in [6.07, 6.45) is 7.51. The normalized spacial score (nSPS) is 28.9. The van der Waals surface area contributed by atoms with Gasteiger partial charge in [0.15, 0.2) is 5.82 Å². The van der Waals surface area contributed by atoms with Crippen LogP contribution in [0.2, 0.25) is 0 Å². The van der Waals surface area contributed by atoms with Crippen molar-refractivity contribution in [3.05, 3.63) is 11.7 Å². The van der Waals surface area contributed by atoms with Gasteiger partial charge in [-0.25, -0.2) is 0 Å². The lowest BCUT2D eigenvalue weighted by Gasteiger charge is -2.20. The highest BCUT2D eigenvalue weighted by Gasteiger charge is 2.38. The molecular weight excluding hydrogens is 262 g/mol. The number of rotatable bonds is 4. The van der Waals surface area contributed by atoms with Crippen molar-refractivity contribution in [2.75, 3.05) is 13.2 Å². The zero-order valence-corrected chi connectivity index (χ0v) is 12.0. The van der Waals surface area contributed by atoms with Gasteiger partial charge in [-0.3, -0.25) is 0 Å². The molecule has 106 valence electrons. The van der Waals surface area contributed by atoms with E-state index in [4.69, 9.17) is 15.0 Å². The lowest BCUT2D eigenvalue weighted by Crippen LogP contribution is -2.37. The van der Waals surface area contributed by atoms with Crippen molar-refractivity contribution in [2.24, 2.45) is 5.73 Å². The monoisotopic (exact) mass is 283 g/mol. The van der Waals surface area contributed by atoms with Crippen LogP contribution in [0.3, 0.4) is 0 Å². The van der Waals surface area contributed by atoms with E-state index in [-0.39, 0.29) is 0 Å². The van der Waals surface area contributed by atoms with Crippen LogP contribution in [0.15, 0.2) is 4.52 Å². The smallest absolute Gasteiger partial charge is 0.249 e. The molecule has 19 heavy (non-hydrogen) atoms. The van der Waals surface area contributed by atoms with Gasteiger partial charge in [-0.2, -0.15) is 16.7 Å². The third-order valence-corrected chi connectivity index (χ3v) is 5.31. The Bertz CT molecular complexity index is 412. The lowest BCUT2D eigenvalue weighted by molar-refractivity contribution is 0.166. The maximum absolute atomic E-state index is 6.20. The van der Waals surface area contributed by atoms with Crippen LogP contribution in [-0.4, -0.2) is 28.6 Å². The van der Waals surface area contributed by atoms with E-state index in [9.17, 15) is 0 Å². The molecule has 1 saturated heterocycles. The molecule has 1 saturated carbocycles. The van der Waals surface area contributed by atoms with Crippen LogP contribution in [0.5, 0.6) is 0 Å². The first-order valence-electron chi connectivity index (χ1n) is 7.08. The van der Waals surface area contributed by atoms with Gasteiger partial charge >= 0.3 is 0 Å². The molecule has 5 nitrogen and oxygen atoms in total. The molecule has 0 aromatic carbocycles. The summed E-state index contributed by atoms with van der Waals surface area (Å²) >= 11 is 1.95. The molecule has 2 heterocycles. The number of hydrogen-bond acceptors (Lipinski definition) is 6. The van der Waals surface area contributed by atoms with Crippen LogP contribution < -0.4 is 5.73 Å². The third-order valence-electron chi connectivity index (χ3n) is 3.95. The second-order valence-corrected chi connectivity index (χ2v) is 6.83. The minimum Gasteiger partial charge on any atom is -0.379 e. The molecule has 1 aromatic rings. The van der Waals surface area contributed by atoms with Gasteiger partial charge < -0.3 is 15.0 Å². The molecular formula is C13H21N3O2S. The standard InChI is InChI=1S/C13H21N3O2S/c14-13(6-7-17-9-13)12-15-11(16-18-12)8-19-10-4-2-1-3-5-10/h10H,1-9,14H2. The quantitative estimate of drug-likeness (QED) is 0.913. The highest BCUT2D eigenvalue weighted by Crippen LogP contribution is 2.31. The van der Waals surface area contributed by atoms with Crippen molar-refractivity contribution in [3.8, 4) is 0 Å². The van der Waals surface area contributed by atoms with Crippen molar-refractivity contribution in [3.63, 3.8) is 0 Å². The fourth-order valence-corrected chi connectivity index (χ4v) is 3.86. The Morgan fingerprint density at radius 3 is 2.89 bits per heavy atom. The van der Waals surface area contributed by atoms with Crippen LogP contribution in [0.1, 0.15) is 50.2 Å². The van der Waals surface area contributed by atoms with Gasteiger partial charge in [0.1, 0.15) is 5.54 Å². The van der Waals surface area contributed by atoms with E-state index < -0.39 is 5.54 Å². The Hall–Kier alpha value is -0.590. The SMILES string of the molecule is NC1(c2nc(CSC3CCCCC3)no2)CCOC1. The van der Waals surface area contributed by atoms with E-state index in [0.29, 0.717) is 19.1 Å². The van der Waals surface area contributed by atoms with Gasteiger partial charge in [0.25, 0.3) is 0 Å². The summed E-state index contributed by atoms with van der Waals surface area (Å²) in [7, 11) is 0. The van der Waals surface area contributed by atoms with E-state index >= 15 is 0 Å². The molecule has 0 spiro atoms. The number of ether oxygens (including phenoxy) is 1. The third kappa shape index (κ3) is 3.12. The molecule has 2 fully saturated rings. The van der Waals surface area contributed by atoms with E-state index in [1.807, 2.05) is 11.8 Å². The molecule has 1 unspecified atom stereocenters. The van der Waals surface area contributed by atoms with Crippen molar-refractivity contribution < 1.29 is 9.26 Å². The Labute approximate surface area is 117 Å². The number of hydrogen-bond donors (Lipinski definition) is 1. The summed E-state index contributed by atoms with van der Waals surface area (Å²) < 4.78 is 10.6. The lowest BCUT2D eigenvalue weighted by atomic mass is 10.0. The average molecular weight is 283 g/mol. The molecule has 1 atom stereocenters. The minimum atomic E-state index is -0.569. The van der Waals surface area contributed by atoms with Crippen LogP contribution in [0.4, 0.5) is 0 Å². The summed E-state index contributed by atoms with van der Waals surface area (Å²) in [6.45, 7) is 1.15. The van der Waals surface area contributed by atoms with Gasteiger partial charge in [-0.15, -0.1) is 0 Å². The molecule has 2 aliphatic rings. The molecule has 0 bridgehead atoms. The largest absolute Gasteiger partial charge is 0.379 e. The Morgan fingerprint density at radius 1 is 1.32 bits per heavy atom. The zero-order chi connectivity index (χ0) is 13.1. The predicted molar refractivity (Wildman–Crippen MR) is 73.8 cm³/mol. The Kier molecular flexibility index (Phi) is 4.10. The van der Waals surface area contributed by atoms with E-state index in [1.165, 1.54) is 32.1 Å². The minimum absolute atomic E-state index is 0.477. The second-order valence-electron chi connectivity index (χ2n) is 5.55. The molecule has 3 rings (SSSR count). The van der Waals surface area contributed by atoms with Crippen LogP contribution in [0.25, 0.3) is 0 Å². The van der Waals surface area contributed by atoms with Crippen molar-refractivity contribution in [2.45, 2.75) is 55.1 Å². The van der Waals surface area contributed by atoms with E-state index in [2.05, 4.69) is 10.1 Å². The Balaban J connectivity index is 1.55. The molecule has 2 N–H and O–H groups in total. The number of nitrogens with zero attached hydrogens (tertiary/aromatic N) is 2. The maximum atomic E-state index is 6.20. The van der Waals surface area contributed by atoms with Crippen molar-refractivity contribution >= 4 is 11.8 Å². The topological polar surface area (TPSA) is 74.2 Å². The summed E-state index contributed by atoms with van der Waals surface area (Å²) in [6, 6.07) is 0. The van der Waals surface area contributed by atoms with Crippen LogP contribution in [-0.2, 0) is 16.0 Å². The summed E-state index contributed by atoms with van der Waals surface area (Å²) in [5, 5.41) is 4.81. The summed E-state index contributed by atoms with van der Waals surface area (Å²) in [5.41, 5.74) is 5.64. The predicted octanol–water partition coefficient (Wildman–Crippen LogP) is 2.21. The first-order chi connectivity index (χ1) is 9.26. The highest BCUT2D eigenvalue weighted by molar-refractivity contribution is 7.99. The van der Waals surface area contributed by atoms with Crippen molar-refractivity contribution in [1.29, 1.82) is 0 Å². The van der Waals surface area contributed by atoms with E-state index in [1.54, 1.807) is 0 Å². The first kappa shape index (κ1) is 13.4. The van der Waals surface area contributed by atoms with Gasteiger partial charge in [-0.05, 0) is 19.3 Å². The fraction of sp³-hybridized carbons (Fsp3) is 0.846. The van der Waals surface area contributed by atoms with Crippen molar-refractivity contribution in [1.82, 2.24) is 10.1 Å². The number of nitrogens with two attached hydrogens (primary N) is 1.